The molecule has 0 saturated heterocycles. The Labute approximate surface area is 127 Å². The fraction of sp³-hybridized carbons (Fsp3) is 0.188. The Morgan fingerprint density at radius 1 is 1.00 bits per heavy atom. The predicted molar refractivity (Wildman–Crippen MR) is 80.5 cm³/mol. The van der Waals surface area contributed by atoms with Gasteiger partial charge in [-0.05, 0) is 42.5 Å². The van der Waals surface area contributed by atoms with Gasteiger partial charge in [-0.2, -0.15) is 0 Å². The van der Waals surface area contributed by atoms with E-state index in [4.69, 9.17) is 26.2 Å². The molecule has 0 saturated carbocycles. The minimum atomic E-state index is -0.966. The van der Waals surface area contributed by atoms with Gasteiger partial charge in [0.2, 0.25) is 0 Å². The summed E-state index contributed by atoms with van der Waals surface area (Å²) in [4.78, 5) is 10.8. The average molecular weight is 307 g/mol. The van der Waals surface area contributed by atoms with Crippen molar-refractivity contribution in [2.45, 2.75) is 6.42 Å². The smallest absolute Gasteiger partial charge is 0.335 e. The molecule has 0 heterocycles. The molecule has 0 atom stereocenters. The number of hydrogen-bond donors (Lipinski definition) is 1. The summed E-state index contributed by atoms with van der Waals surface area (Å²) in [7, 11) is 0. The van der Waals surface area contributed by atoms with Crippen LogP contribution in [0.25, 0.3) is 0 Å². The number of ether oxygens (including phenoxy) is 2. The molecule has 4 nitrogen and oxygen atoms in total. The molecule has 0 aromatic heterocycles. The Bertz CT molecular complexity index is 595. The van der Waals surface area contributed by atoms with Crippen LogP contribution in [0.1, 0.15) is 16.8 Å². The van der Waals surface area contributed by atoms with E-state index in [-0.39, 0.29) is 5.56 Å². The summed E-state index contributed by atoms with van der Waals surface area (Å²) >= 11 is 5.78. The number of carboxylic acid groups (broad SMARTS) is 1. The third kappa shape index (κ3) is 5.00. The van der Waals surface area contributed by atoms with Crippen molar-refractivity contribution < 1.29 is 19.4 Å². The number of benzene rings is 2. The van der Waals surface area contributed by atoms with Gasteiger partial charge in [-0.15, -0.1) is 0 Å². The van der Waals surface area contributed by atoms with Crippen molar-refractivity contribution in [3.63, 3.8) is 0 Å². The molecule has 0 aliphatic heterocycles. The van der Waals surface area contributed by atoms with E-state index in [1.165, 1.54) is 12.1 Å². The van der Waals surface area contributed by atoms with E-state index in [0.29, 0.717) is 30.4 Å². The van der Waals surface area contributed by atoms with Gasteiger partial charge in [-0.3, -0.25) is 0 Å². The molecule has 0 aliphatic carbocycles. The lowest BCUT2D eigenvalue weighted by Gasteiger charge is -2.08. The van der Waals surface area contributed by atoms with Crippen molar-refractivity contribution in [2.75, 3.05) is 13.2 Å². The van der Waals surface area contributed by atoms with Crippen LogP contribution in [0.5, 0.6) is 11.5 Å². The first kappa shape index (κ1) is 15.2. The van der Waals surface area contributed by atoms with Crippen LogP contribution >= 0.6 is 11.6 Å². The summed E-state index contributed by atoms with van der Waals surface area (Å²) in [6, 6.07) is 13.6. The molecule has 5 heteroatoms. The number of carbonyl (C=O) groups is 1. The second kappa shape index (κ2) is 7.55. The van der Waals surface area contributed by atoms with Gasteiger partial charge >= 0.3 is 5.97 Å². The number of carboxylic acids is 1. The Morgan fingerprint density at radius 2 is 1.67 bits per heavy atom. The molecule has 21 heavy (non-hydrogen) atoms. The van der Waals surface area contributed by atoms with Gasteiger partial charge in [-0.25, -0.2) is 4.79 Å². The molecule has 2 aromatic carbocycles. The number of hydrogen-bond acceptors (Lipinski definition) is 3. The lowest BCUT2D eigenvalue weighted by molar-refractivity contribution is 0.0696. The minimum absolute atomic E-state index is 0.213. The SMILES string of the molecule is O=C(O)c1cccc(OCCCOc2ccc(Cl)cc2)c1. The quantitative estimate of drug-likeness (QED) is 0.789. The van der Waals surface area contributed by atoms with Crippen molar-refractivity contribution in [3.8, 4) is 11.5 Å². The van der Waals surface area contributed by atoms with Crippen LogP contribution in [-0.4, -0.2) is 24.3 Å². The Hall–Kier alpha value is -2.20. The molecule has 0 spiro atoms. The number of rotatable bonds is 7. The van der Waals surface area contributed by atoms with Crippen molar-refractivity contribution in [3.05, 3.63) is 59.1 Å². The van der Waals surface area contributed by atoms with E-state index in [1.54, 1.807) is 36.4 Å². The van der Waals surface area contributed by atoms with Gasteiger partial charge in [0.05, 0.1) is 18.8 Å². The minimum Gasteiger partial charge on any atom is -0.493 e. The Morgan fingerprint density at radius 3 is 2.33 bits per heavy atom. The van der Waals surface area contributed by atoms with E-state index in [1.807, 2.05) is 0 Å². The summed E-state index contributed by atoms with van der Waals surface area (Å²) in [5, 5.41) is 9.55. The highest BCUT2D eigenvalue weighted by Crippen LogP contribution is 2.16. The van der Waals surface area contributed by atoms with Gasteiger partial charge in [-0.1, -0.05) is 17.7 Å². The lowest BCUT2D eigenvalue weighted by Crippen LogP contribution is -2.05. The van der Waals surface area contributed by atoms with Crippen LogP contribution in [-0.2, 0) is 0 Å². The maximum atomic E-state index is 10.8. The highest BCUT2D eigenvalue weighted by atomic mass is 35.5. The monoisotopic (exact) mass is 306 g/mol. The van der Waals surface area contributed by atoms with Crippen LogP contribution < -0.4 is 9.47 Å². The van der Waals surface area contributed by atoms with Crippen LogP contribution in [0.2, 0.25) is 5.02 Å². The third-order valence-electron chi connectivity index (χ3n) is 2.72. The summed E-state index contributed by atoms with van der Waals surface area (Å²) < 4.78 is 11.0. The molecule has 0 aliphatic rings. The summed E-state index contributed by atoms with van der Waals surface area (Å²) in [6.45, 7) is 0.969. The molecular weight excluding hydrogens is 292 g/mol. The zero-order valence-corrected chi connectivity index (χ0v) is 12.0. The summed E-state index contributed by atoms with van der Waals surface area (Å²) in [5.41, 5.74) is 0.213. The molecule has 0 unspecified atom stereocenters. The van der Waals surface area contributed by atoms with Gasteiger partial charge in [0, 0.05) is 11.4 Å². The highest BCUT2D eigenvalue weighted by Gasteiger charge is 2.03. The van der Waals surface area contributed by atoms with Crippen LogP contribution in [0.4, 0.5) is 0 Å². The topological polar surface area (TPSA) is 55.8 Å². The third-order valence-corrected chi connectivity index (χ3v) is 2.97. The maximum absolute atomic E-state index is 10.8. The first-order valence-electron chi connectivity index (χ1n) is 6.50. The summed E-state index contributed by atoms with van der Waals surface area (Å²) in [5.74, 6) is 0.334. The summed E-state index contributed by atoms with van der Waals surface area (Å²) in [6.07, 6.45) is 0.694. The van der Waals surface area contributed by atoms with Crippen molar-refractivity contribution >= 4 is 17.6 Å². The first-order valence-corrected chi connectivity index (χ1v) is 6.87. The Balaban J connectivity index is 1.71. The second-order valence-corrected chi connectivity index (χ2v) is 4.77. The van der Waals surface area contributed by atoms with Gasteiger partial charge < -0.3 is 14.6 Å². The first-order chi connectivity index (χ1) is 10.1. The molecule has 2 rings (SSSR count). The molecule has 0 amide bonds. The molecule has 0 radical (unpaired) electrons. The largest absolute Gasteiger partial charge is 0.493 e. The maximum Gasteiger partial charge on any atom is 0.335 e. The van der Waals surface area contributed by atoms with Crippen molar-refractivity contribution in [1.82, 2.24) is 0 Å². The lowest BCUT2D eigenvalue weighted by atomic mass is 10.2. The molecule has 1 N–H and O–H groups in total. The van der Waals surface area contributed by atoms with Crippen LogP contribution in [0.3, 0.4) is 0 Å². The fourth-order valence-electron chi connectivity index (χ4n) is 1.69. The van der Waals surface area contributed by atoms with Gasteiger partial charge in [0.25, 0.3) is 0 Å². The normalized spacial score (nSPS) is 10.1. The molecule has 110 valence electrons. The van der Waals surface area contributed by atoms with Gasteiger partial charge in [0.15, 0.2) is 0 Å². The zero-order valence-electron chi connectivity index (χ0n) is 11.3. The van der Waals surface area contributed by atoms with Crippen molar-refractivity contribution in [2.24, 2.45) is 0 Å². The van der Waals surface area contributed by atoms with E-state index >= 15 is 0 Å². The number of halogens is 1. The predicted octanol–water partition coefficient (Wildman–Crippen LogP) is 3.89. The molecule has 0 bridgehead atoms. The van der Waals surface area contributed by atoms with Crippen molar-refractivity contribution in [1.29, 1.82) is 0 Å². The van der Waals surface area contributed by atoms with Gasteiger partial charge in [0.1, 0.15) is 11.5 Å². The van der Waals surface area contributed by atoms with E-state index in [2.05, 4.69) is 0 Å². The van der Waals surface area contributed by atoms with E-state index in [9.17, 15) is 4.79 Å². The van der Waals surface area contributed by atoms with E-state index < -0.39 is 5.97 Å². The standard InChI is InChI=1S/C16H15ClO4/c17-13-5-7-14(8-6-13)20-9-2-10-21-15-4-1-3-12(11-15)16(18)19/h1,3-8,11H,2,9-10H2,(H,18,19). The molecular formula is C16H15ClO4. The zero-order chi connectivity index (χ0) is 15.1. The fourth-order valence-corrected chi connectivity index (χ4v) is 1.81. The Kier molecular flexibility index (Phi) is 5.46. The van der Waals surface area contributed by atoms with Crippen LogP contribution in [0, 0.1) is 0 Å². The molecule has 0 fully saturated rings. The number of aromatic carboxylic acids is 1. The van der Waals surface area contributed by atoms with Crippen LogP contribution in [0.15, 0.2) is 48.5 Å². The second-order valence-electron chi connectivity index (χ2n) is 4.34. The van der Waals surface area contributed by atoms with E-state index in [0.717, 1.165) is 5.75 Å². The average Bonchev–Trinajstić information content (AvgIpc) is 2.49. The molecule has 2 aromatic rings. The highest BCUT2D eigenvalue weighted by molar-refractivity contribution is 6.30.